The standard InChI is InChI=1S/C12H18O/c1-9-7-6-8-10(2)11(9)13-12(3,4)5/h6-8H,1-5H3. The summed E-state index contributed by atoms with van der Waals surface area (Å²) < 4.78 is 5.86. The van der Waals surface area contributed by atoms with Crippen LogP contribution < -0.4 is 4.74 Å². The molecule has 13 heavy (non-hydrogen) atoms. The van der Waals surface area contributed by atoms with Crippen molar-refractivity contribution in [2.75, 3.05) is 0 Å². The highest BCUT2D eigenvalue weighted by atomic mass is 16.5. The van der Waals surface area contributed by atoms with E-state index in [4.69, 9.17) is 4.74 Å². The van der Waals surface area contributed by atoms with Crippen LogP contribution in [0.1, 0.15) is 31.9 Å². The van der Waals surface area contributed by atoms with Crippen LogP contribution in [0.15, 0.2) is 18.2 Å². The Balaban J connectivity index is 3.00. The number of hydrogen-bond donors (Lipinski definition) is 0. The smallest absolute Gasteiger partial charge is 0.125 e. The molecular formula is C12H18O. The molecule has 0 heterocycles. The zero-order valence-electron chi connectivity index (χ0n) is 9.14. The highest BCUT2D eigenvalue weighted by Gasteiger charge is 2.14. The summed E-state index contributed by atoms with van der Waals surface area (Å²) in [6, 6.07) is 6.21. The maximum atomic E-state index is 5.86. The lowest BCUT2D eigenvalue weighted by atomic mass is 10.1. The summed E-state index contributed by atoms with van der Waals surface area (Å²) in [7, 11) is 0. The van der Waals surface area contributed by atoms with E-state index in [2.05, 4.69) is 52.8 Å². The summed E-state index contributed by atoms with van der Waals surface area (Å²) in [5, 5.41) is 0. The van der Waals surface area contributed by atoms with Gasteiger partial charge in [-0.25, -0.2) is 0 Å². The van der Waals surface area contributed by atoms with Crippen molar-refractivity contribution in [3.8, 4) is 5.75 Å². The quantitative estimate of drug-likeness (QED) is 0.639. The third kappa shape index (κ3) is 2.76. The topological polar surface area (TPSA) is 9.23 Å². The maximum absolute atomic E-state index is 5.86. The summed E-state index contributed by atoms with van der Waals surface area (Å²) >= 11 is 0. The third-order valence-corrected chi connectivity index (χ3v) is 1.82. The summed E-state index contributed by atoms with van der Waals surface area (Å²) in [5.41, 5.74) is 2.29. The van der Waals surface area contributed by atoms with E-state index in [1.807, 2.05) is 0 Å². The van der Waals surface area contributed by atoms with Gasteiger partial charge in [0.05, 0.1) is 0 Å². The second kappa shape index (κ2) is 3.41. The van der Waals surface area contributed by atoms with Crippen LogP contribution in [0.5, 0.6) is 5.75 Å². The van der Waals surface area contributed by atoms with Gasteiger partial charge in [-0.1, -0.05) is 18.2 Å². The van der Waals surface area contributed by atoms with Crippen LogP contribution in [0.25, 0.3) is 0 Å². The van der Waals surface area contributed by atoms with Gasteiger partial charge in [0.1, 0.15) is 11.4 Å². The molecule has 0 fully saturated rings. The molecular weight excluding hydrogens is 160 g/mol. The van der Waals surface area contributed by atoms with E-state index < -0.39 is 0 Å². The second-order valence-electron chi connectivity index (χ2n) is 4.44. The Labute approximate surface area is 80.7 Å². The molecule has 0 bridgehead atoms. The van der Waals surface area contributed by atoms with Crippen LogP contribution in [0.3, 0.4) is 0 Å². The first kappa shape index (κ1) is 10.1. The number of hydrogen-bond acceptors (Lipinski definition) is 1. The zero-order chi connectivity index (χ0) is 10.1. The molecule has 0 amide bonds. The third-order valence-electron chi connectivity index (χ3n) is 1.82. The average molecular weight is 178 g/mol. The van der Waals surface area contributed by atoms with E-state index in [1.165, 1.54) is 11.1 Å². The van der Waals surface area contributed by atoms with Crippen LogP contribution in [0.4, 0.5) is 0 Å². The molecule has 0 spiro atoms. The van der Waals surface area contributed by atoms with Gasteiger partial charge >= 0.3 is 0 Å². The molecule has 1 aromatic rings. The van der Waals surface area contributed by atoms with E-state index in [-0.39, 0.29) is 5.60 Å². The Morgan fingerprint density at radius 1 is 1.00 bits per heavy atom. The van der Waals surface area contributed by atoms with Crippen LogP contribution in [-0.4, -0.2) is 5.60 Å². The van der Waals surface area contributed by atoms with Gasteiger partial charge in [-0.15, -0.1) is 0 Å². The largest absolute Gasteiger partial charge is 0.488 e. The van der Waals surface area contributed by atoms with E-state index in [9.17, 15) is 0 Å². The van der Waals surface area contributed by atoms with Gasteiger partial charge in [-0.05, 0) is 45.7 Å². The minimum Gasteiger partial charge on any atom is -0.488 e. The molecule has 0 saturated heterocycles. The van der Waals surface area contributed by atoms with E-state index >= 15 is 0 Å². The summed E-state index contributed by atoms with van der Waals surface area (Å²) in [4.78, 5) is 0. The van der Waals surface area contributed by atoms with Crippen molar-refractivity contribution in [2.45, 2.75) is 40.2 Å². The summed E-state index contributed by atoms with van der Waals surface area (Å²) in [6.45, 7) is 10.4. The van der Waals surface area contributed by atoms with Crippen molar-refractivity contribution < 1.29 is 4.74 Å². The predicted molar refractivity (Wildman–Crippen MR) is 56.3 cm³/mol. The molecule has 0 aliphatic heterocycles. The number of benzene rings is 1. The minimum atomic E-state index is -0.114. The first-order valence-electron chi connectivity index (χ1n) is 4.65. The van der Waals surface area contributed by atoms with E-state index in [0.717, 1.165) is 5.75 Å². The van der Waals surface area contributed by atoms with Crippen molar-refractivity contribution in [1.82, 2.24) is 0 Å². The molecule has 72 valence electrons. The lowest BCUT2D eigenvalue weighted by Gasteiger charge is -2.23. The first-order chi connectivity index (χ1) is 5.90. The maximum Gasteiger partial charge on any atom is 0.125 e. The molecule has 0 atom stereocenters. The molecule has 0 saturated carbocycles. The molecule has 0 aliphatic carbocycles. The average Bonchev–Trinajstić information content (AvgIpc) is 1.95. The summed E-state index contributed by atoms with van der Waals surface area (Å²) in [5.74, 6) is 1.02. The summed E-state index contributed by atoms with van der Waals surface area (Å²) in [6.07, 6.45) is 0. The fourth-order valence-electron chi connectivity index (χ4n) is 1.27. The van der Waals surface area contributed by atoms with Crippen LogP contribution in [0, 0.1) is 13.8 Å². The SMILES string of the molecule is Cc1cccc(C)c1OC(C)(C)C. The van der Waals surface area contributed by atoms with Crippen LogP contribution in [0.2, 0.25) is 0 Å². The monoisotopic (exact) mass is 178 g/mol. The van der Waals surface area contributed by atoms with Gasteiger partial charge in [0, 0.05) is 0 Å². The Bertz CT molecular complexity index is 274. The van der Waals surface area contributed by atoms with Gasteiger partial charge in [0.2, 0.25) is 0 Å². The Kier molecular flexibility index (Phi) is 2.65. The van der Waals surface area contributed by atoms with Crippen molar-refractivity contribution >= 4 is 0 Å². The Morgan fingerprint density at radius 2 is 1.46 bits per heavy atom. The minimum absolute atomic E-state index is 0.114. The van der Waals surface area contributed by atoms with Crippen molar-refractivity contribution in [1.29, 1.82) is 0 Å². The molecule has 0 aliphatic rings. The van der Waals surface area contributed by atoms with E-state index in [1.54, 1.807) is 0 Å². The lowest BCUT2D eigenvalue weighted by molar-refractivity contribution is 0.129. The van der Waals surface area contributed by atoms with Gasteiger partial charge in [-0.2, -0.15) is 0 Å². The highest BCUT2D eigenvalue weighted by Crippen LogP contribution is 2.26. The van der Waals surface area contributed by atoms with E-state index in [0.29, 0.717) is 0 Å². The molecule has 1 heteroatoms. The van der Waals surface area contributed by atoms with Crippen molar-refractivity contribution in [3.63, 3.8) is 0 Å². The fraction of sp³-hybridized carbons (Fsp3) is 0.500. The molecule has 0 aromatic heterocycles. The van der Waals surface area contributed by atoms with Crippen LogP contribution in [-0.2, 0) is 0 Å². The molecule has 1 nitrogen and oxygen atoms in total. The lowest BCUT2D eigenvalue weighted by Crippen LogP contribution is -2.23. The van der Waals surface area contributed by atoms with Gasteiger partial charge in [0.25, 0.3) is 0 Å². The van der Waals surface area contributed by atoms with Crippen molar-refractivity contribution in [3.05, 3.63) is 29.3 Å². The number of ether oxygens (including phenoxy) is 1. The van der Waals surface area contributed by atoms with Crippen molar-refractivity contribution in [2.24, 2.45) is 0 Å². The molecule has 0 radical (unpaired) electrons. The molecule has 0 unspecified atom stereocenters. The molecule has 1 rings (SSSR count). The number of para-hydroxylation sites is 1. The normalized spacial score (nSPS) is 11.5. The first-order valence-corrected chi connectivity index (χ1v) is 4.65. The van der Waals surface area contributed by atoms with Gasteiger partial charge in [-0.3, -0.25) is 0 Å². The van der Waals surface area contributed by atoms with Gasteiger partial charge < -0.3 is 4.74 Å². The highest BCUT2D eigenvalue weighted by molar-refractivity contribution is 5.40. The molecule has 1 aromatic carbocycles. The van der Waals surface area contributed by atoms with Crippen LogP contribution >= 0.6 is 0 Å². The number of rotatable bonds is 1. The number of aryl methyl sites for hydroxylation is 2. The Morgan fingerprint density at radius 3 is 1.85 bits per heavy atom. The Hall–Kier alpha value is -0.980. The molecule has 0 N–H and O–H groups in total. The fourth-order valence-corrected chi connectivity index (χ4v) is 1.27. The second-order valence-corrected chi connectivity index (χ2v) is 4.44. The predicted octanol–water partition coefficient (Wildman–Crippen LogP) is 3.48. The zero-order valence-corrected chi connectivity index (χ0v) is 9.14. The van der Waals surface area contributed by atoms with Gasteiger partial charge in [0.15, 0.2) is 0 Å².